The molecule has 0 saturated heterocycles. The van der Waals surface area contributed by atoms with Gasteiger partial charge in [0, 0.05) is 24.0 Å². The first-order valence-corrected chi connectivity index (χ1v) is 7.16. The molecular weight excluding hydrogens is 258 g/mol. The summed E-state index contributed by atoms with van der Waals surface area (Å²) in [6.07, 6.45) is 3.99. The Bertz CT molecular complexity index is 540. The van der Waals surface area contributed by atoms with Crippen molar-refractivity contribution in [1.82, 2.24) is 9.97 Å². The van der Waals surface area contributed by atoms with Crippen LogP contribution in [0.15, 0.2) is 30.5 Å². The van der Waals surface area contributed by atoms with Gasteiger partial charge in [-0.25, -0.2) is 9.97 Å². The number of benzene rings is 1. The van der Waals surface area contributed by atoms with E-state index < -0.39 is 0 Å². The van der Waals surface area contributed by atoms with Crippen LogP contribution >= 0.6 is 11.6 Å². The molecule has 1 aromatic heterocycles. The first-order valence-electron chi connectivity index (χ1n) is 6.62. The Morgan fingerprint density at radius 3 is 2.84 bits per heavy atom. The monoisotopic (exact) mass is 277 g/mol. The Balaban J connectivity index is 2.01. The van der Waals surface area contributed by atoms with E-state index in [9.17, 15) is 0 Å². The molecule has 4 heteroatoms. The maximum absolute atomic E-state index is 5.74. The Kier molecular flexibility index (Phi) is 4.59. The second-order valence-electron chi connectivity index (χ2n) is 5.56. The largest absolute Gasteiger partial charge is 0.354 e. The summed E-state index contributed by atoms with van der Waals surface area (Å²) in [4.78, 5) is 8.85. The highest BCUT2D eigenvalue weighted by Gasteiger charge is 2.17. The number of hydrogen-bond donors (Lipinski definition) is 1. The van der Waals surface area contributed by atoms with Crippen LogP contribution in [0.3, 0.4) is 0 Å². The smallest absolute Gasteiger partial charge is 0.223 e. The molecular formula is C15H20ClN3. The van der Waals surface area contributed by atoms with Crippen molar-refractivity contribution < 1.29 is 0 Å². The number of para-hydroxylation sites is 1. The van der Waals surface area contributed by atoms with Crippen LogP contribution in [0.25, 0.3) is 10.9 Å². The summed E-state index contributed by atoms with van der Waals surface area (Å²) >= 11 is 5.74. The highest BCUT2D eigenvalue weighted by Crippen LogP contribution is 2.23. The van der Waals surface area contributed by atoms with Crippen LogP contribution < -0.4 is 5.32 Å². The molecule has 0 saturated carbocycles. The SMILES string of the molecule is CC(C)(CCCCl)CNc1ncc2ccccc2n1. The summed E-state index contributed by atoms with van der Waals surface area (Å²) in [6.45, 7) is 5.31. The number of rotatable bonds is 6. The fourth-order valence-corrected chi connectivity index (χ4v) is 2.14. The molecule has 1 aromatic carbocycles. The molecule has 0 fully saturated rings. The molecule has 0 aliphatic heterocycles. The zero-order valence-corrected chi connectivity index (χ0v) is 12.2. The third kappa shape index (κ3) is 4.06. The second kappa shape index (κ2) is 6.20. The average molecular weight is 278 g/mol. The van der Waals surface area contributed by atoms with Crippen molar-refractivity contribution in [1.29, 1.82) is 0 Å². The standard InChI is InChI=1S/C15H20ClN3/c1-15(2,8-5-9-16)11-18-14-17-10-12-6-3-4-7-13(12)19-14/h3-4,6-7,10H,5,8-9,11H2,1-2H3,(H,17,18,19). The topological polar surface area (TPSA) is 37.8 Å². The van der Waals surface area contributed by atoms with Gasteiger partial charge >= 0.3 is 0 Å². The van der Waals surface area contributed by atoms with Crippen LogP contribution in [-0.2, 0) is 0 Å². The molecule has 1 heterocycles. The third-order valence-corrected chi connectivity index (χ3v) is 3.47. The number of alkyl halides is 1. The van der Waals surface area contributed by atoms with Crippen LogP contribution in [0.1, 0.15) is 26.7 Å². The highest BCUT2D eigenvalue weighted by atomic mass is 35.5. The van der Waals surface area contributed by atoms with Crippen molar-refractivity contribution in [3.05, 3.63) is 30.5 Å². The summed E-state index contributed by atoms with van der Waals surface area (Å²) < 4.78 is 0. The number of fused-ring (bicyclic) bond motifs is 1. The van der Waals surface area contributed by atoms with Gasteiger partial charge in [-0.2, -0.15) is 0 Å². The Morgan fingerprint density at radius 1 is 1.26 bits per heavy atom. The lowest BCUT2D eigenvalue weighted by Crippen LogP contribution is -2.24. The maximum Gasteiger partial charge on any atom is 0.223 e. The first-order chi connectivity index (χ1) is 9.11. The van der Waals surface area contributed by atoms with E-state index in [0.29, 0.717) is 5.95 Å². The lowest BCUT2D eigenvalue weighted by atomic mass is 9.88. The van der Waals surface area contributed by atoms with Crippen molar-refractivity contribution in [3.63, 3.8) is 0 Å². The minimum Gasteiger partial charge on any atom is -0.354 e. The van der Waals surface area contributed by atoms with E-state index in [0.717, 1.165) is 36.2 Å². The fourth-order valence-electron chi connectivity index (χ4n) is 2.01. The van der Waals surface area contributed by atoms with E-state index in [4.69, 9.17) is 11.6 Å². The van der Waals surface area contributed by atoms with E-state index in [2.05, 4.69) is 29.1 Å². The highest BCUT2D eigenvalue weighted by molar-refractivity contribution is 6.17. The van der Waals surface area contributed by atoms with Crippen LogP contribution in [0.4, 0.5) is 5.95 Å². The normalized spacial score (nSPS) is 11.7. The molecule has 2 aromatic rings. The molecule has 19 heavy (non-hydrogen) atoms. The number of hydrogen-bond acceptors (Lipinski definition) is 3. The molecule has 0 radical (unpaired) electrons. The number of halogens is 1. The predicted molar refractivity (Wildman–Crippen MR) is 81.8 cm³/mol. The molecule has 0 unspecified atom stereocenters. The minimum atomic E-state index is 0.198. The first kappa shape index (κ1) is 14.1. The van der Waals surface area contributed by atoms with E-state index in [-0.39, 0.29) is 5.41 Å². The summed E-state index contributed by atoms with van der Waals surface area (Å²) in [6, 6.07) is 8.00. The van der Waals surface area contributed by atoms with Crippen LogP contribution in [-0.4, -0.2) is 22.4 Å². The fraction of sp³-hybridized carbons (Fsp3) is 0.467. The minimum absolute atomic E-state index is 0.198. The van der Waals surface area contributed by atoms with Gasteiger partial charge in [-0.1, -0.05) is 32.0 Å². The predicted octanol–water partition coefficient (Wildman–Crippen LogP) is 4.09. The number of nitrogens with zero attached hydrogens (tertiary/aromatic N) is 2. The zero-order valence-electron chi connectivity index (χ0n) is 11.5. The Hall–Kier alpha value is -1.35. The van der Waals surface area contributed by atoms with Crippen LogP contribution in [0.5, 0.6) is 0 Å². The van der Waals surface area contributed by atoms with E-state index in [1.807, 2.05) is 30.5 Å². The van der Waals surface area contributed by atoms with Gasteiger partial charge in [0.05, 0.1) is 5.52 Å². The van der Waals surface area contributed by atoms with Gasteiger partial charge in [-0.05, 0) is 24.3 Å². The average Bonchev–Trinajstić information content (AvgIpc) is 2.43. The van der Waals surface area contributed by atoms with Crippen molar-refractivity contribution in [2.24, 2.45) is 5.41 Å². The van der Waals surface area contributed by atoms with E-state index >= 15 is 0 Å². The molecule has 102 valence electrons. The zero-order chi connectivity index (χ0) is 13.7. The Labute approximate surface area is 119 Å². The van der Waals surface area contributed by atoms with Gasteiger partial charge in [-0.3, -0.25) is 0 Å². The van der Waals surface area contributed by atoms with Crippen LogP contribution in [0.2, 0.25) is 0 Å². The van der Waals surface area contributed by atoms with E-state index in [1.54, 1.807) is 0 Å². The molecule has 0 amide bonds. The van der Waals surface area contributed by atoms with Crippen LogP contribution in [0, 0.1) is 5.41 Å². The Morgan fingerprint density at radius 2 is 2.05 bits per heavy atom. The summed E-state index contributed by atoms with van der Waals surface area (Å²) in [5, 5.41) is 4.38. The molecule has 0 spiro atoms. The number of aromatic nitrogens is 2. The van der Waals surface area contributed by atoms with E-state index in [1.165, 1.54) is 0 Å². The van der Waals surface area contributed by atoms with Gasteiger partial charge in [0.15, 0.2) is 0 Å². The molecule has 2 rings (SSSR count). The molecule has 0 aliphatic carbocycles. The number of nitrogens with one attached hydrogen (secondary N) is 1. The van der Waals surface area contributed by atoms with Gasteiger partial charge < -0.3 is 5.32 Å². The van der Waals surface area contributed by atoms with Gasteiger partial charge in [0.25, 0.3) is 0 Å². The second-order valence-corrected chi connectivity index (χ2v) is 5.94. The summed E-state index contributed by atoms with van der Waals surface area (Å²) in [5.41, 5.74) is 1.17. The van der Waals surface area contributed by atoms with Gasteiger partial charge in [0.2, 0.25) is 5.95 Å². The van der Waals surface area contributed by atoms with Crippen molar-refractivity contribution >= 4 is 28.5 Å². The molecule has 0 atom stereocenters. The molecule has 3 nitrogen and oxygen atoms in total. The van der Waals surface area contributed by atoms with Crippen molar-refractivity contribution in [2.45, 2.75) is 26.7 Å². The lowest BCUT2D eigenvalue weighted by Gasteiger charge is -2.24. The summed E-state index contributed by atoms with van der Waals surface area (Å²) in [7, 11) is 0. The third-order valence-electron chi connectivity index (χ3n) is 3.20. The molecule has 0 aliphatic rings. The van der Waals surface area contributed by atoms with Crippen molar-refractivity contribution in [2.75, 3.05) is 17.7 Å². The maximum atomic E-state index is 5.74. The summed E-state index contributed by atoms with van der Waals surface area (Å²) in [5.74, 6) is 1.41. The quantitative estimate of drug-likeness (QED) is 0.808. The molecule has 1 N–H and O–H groups in total. The van der Waals surface area contributed by atoms with Gasteiger partial charge in [-0.15, -0.1) is 11.6 Å². The van der Waals surface area contributed by atoms with Gasteiger partial charge in [0.1, 0.15) is 0 Å². The lowest BCUT2D eigenvalue weighted by molar-refractivity contribution is 0.355. The molecule has 0 bridgehead atoms. The number of anilines is 1. The van der Waals surface area contributed by atoms with Crippen molar-refractivity contribution in [3.8, 4) is 0 Å².